The van der Waals surface area contributed by atoms with Crippen molar-refractivity contribution in [2.45, 2.75) is 13.0 Å². The summed E-state index contributed by atoms with van der Waals surface area (Å²) >= 11 is 0. The minimum atomic E-state index is -0.885. The van der Waals surface area contributed by atoms with Gasteiger partial charge in [-0.2, -0.15) is 0 Å². The number of ether oxygens (including phenoxy) is 4. The van der Waals surface area contributed by atoms with Gasteiger partial charge in [0.2, 0.25) is 11.5 Å². The molecule has 1 atom stereocenters. The molecule has 0 aliphatic carbocycles. The quantitative estimate of drug-likeness (QED) is 0.402. The van der Waals surface area contributed by atoms with E-state index in [9.17, 15) is 9.59 Å². The van der Waals surface area contributed by atoms with Crippen molar-refractivity contribution in [3.8, 4) is 17.2 Å². The molecule has 6 heteroatoms. The summed E-state index contributed by atoms with van der Waals surface area (Å²) in [5, 5.41) is 0. The number of hydrogen-bond acceptors (Lipinski definition) is 6. The molecular formula is C21H22O6. The zero-order valence-corrected chi connectivity index (χ0v) is 15.7. The zero-order valence-electron chi connectivity index (χ0n) is 15.7. The molecule has 0 heterocycles. The number of ketones is 1. The second kappa shape index (κ2) is 9.43. The van der Waals surface area contributed by atoms with Crippen LogP contribution in [-0.4, -0.2) is 39.2 Å². The zero-order chi connectivity index (χ0) is 19.8. The number of rotatable bonds is 8. The normalized spacial score (nSPS) is 11.7. The Bertz CT molecular complexity index is 801. The van der Waals surface area contributed by atoms with E-state index in [1.54, 1.807) is 49.4 Å². The van der Waals surface area contributed by atoms with Crippen LogP contribution in [-0.2, 0) is 9.53 Å². The second-order valence-corrected chi connectivity index (χ2v) is 5.60. The van der Waals surface area contributed by atoms with E-state index in [4.69, 9.17) is 18.9 Å². The van der Waals surface area contributed by atoms with Crippen molar-refractivity contribution >= 4 is 17.8 Å². The lowest BCUT2D eigenvalue weighted by molar-refractivity contribution is -0.140. The molecule has 0 aliphatic rings. The van der Waals surface area contributed by atoms with Gasteiger partial charge in [-0.15, -0.1) is 0 Å². The molecule has 0 saturated carbocycles. The van der Waals surface area contributed by atoms with Crippen LogP contribution >= 0.6 is 0 Å². The van der Waals surface area contributed by atoms with E-state index in [1.165, 1.54) is 27.4 Å². The lowest BCUT2D eigenvalue weighted by atomic mass is 10.1. The molecule has 142 valence electrons. The third-order valence-electron chi connectivity index (χ3n) is 3.82. The molecule has 0 unspecified atom stereocenters. The van der Waals surface area contributed by atoms with Gasteiger partial charge < -0.3 is 18.9 Å². The van der Waals surface area contributed by atoms with Gasteiger partial charge in [0, 0.05) is 11.6 Å². The SMILES string of the molecule is COc1cc(/C=C\C(=O)O[C@H](C)C(=O)c2ccccc2)cc(OC)c1OC. The molecule has 0 bridgehead atoms. The van der Waals surface area contributed by atoms with Crippen LogP contribution in [0.1, 0.15) is 22.8 Å². The van der Waals surface area contributed by atoms with E-state index in [0.717, 1.165) is 0 Å². The van der Waals surface area contributed by atoms with Gasteiger partial charge in [0.05, 0.1) is 21.3 Å². The highest BCUT2D eigenvalue weighted by atomic mass is 16.5. The predicted molar refractivity (Wildman–Crippen MR) is 101 cm³/mol. The maximum atomic E-state index is 12.2. The summed E-state index contributed by atoms with van der Waals surface area (Å²) < 4.78 is 21.0. The molecule has 0 aromatic heterocycles. The molecule has 0 spiro atoms. The molecule has 0 saturated heterocycles. The van der Waals surface area contributed by atoms with E-state index < -0.39 is 12.1 Å². The monoisotopic (exact) mass is 370 g/mol. The molecule has 0 radical (unpaired) electrons. The first kappa shape index (κ1) is 20.0. The van der Waals surface area contributed by atoms with Gasteiger partial charge in [0.25, 0.3) is 0 Å². The molecule has 27 heavy (non-hydrogen) atoms. The minimum absolute atomic E-state index is 0.259. The number of Topliss-reactive ketones (excluding diaryl/α,β-unsaturated/α-hetero) is 1. The van der Waals surface area contributed by atoms with Gasteiger partial charge in [-0.3, -0.25) is 4.79 Å². The van der Waals surface area contributed by atoms with Gasteiger partial charge in [-0.05, 0) is 30.7 Å². The summed E-state index contributed by atoms with van der Waals surface area (Å²) in [6, 6.07) is 12.1. The van der Waals surface area contributed by atoms with Crippen molar-refractivity contribution in [2.75, 3.05) is 21.3 Å². The lowest BCUT2D eigenvalue weighted by Crippen LogP contribution is -2.23. The second-order valence-electron chi connectivity index (χ2n) is 5.60. The first-order valence-corrected chi connectivity index (χ1v) is 8.28. The molecule has 2 aromatic carbocycles. The third-order valence-corrected chi connectivity index (χ3v) is 3.82. The first-order valence-electron chi connectivity index (χ1n) is 8.28. The van der Waals surface area contributed by atoms with Crippen molar-refractivity contribution in [3.63, 3.8) is 0 Å². The number of hydrogen-bond donors (Lipinski definition) is 0. The largest absolute Gasteiger partial charge is 0.493 e. The fourth-order valence-electron chi connectivity index (χ4n) is 2.47. The Balaban J connectivity index is 2.09. The molecule has 2 rings (SSSR count). The Morgan fingerprint density at radius 2 is 1.52 bits per heavy atom. The average Bonchev–Trinajstić information content (AvgIpc) is 2.71. The molecule has 0 aliphatic heterocycles. The maximum absolute atomic E-state index is 12.2. The molecule has 6 nitrogen and oxygen atoms in total. The highest BCUT2D eigenvalue weighted by Gasteiger charge is 2.18. The van der Waals surface area contributed by atoms with E-state index in [1.807, 2.05) is 6.07 Å². The summed E-state index contributed by atoms with van der Waals surface area (Å²) in [5.41, 5.74) is 1.15. The third kappa shape index (κ3) is 5.10. The van der Waals surface area contributed by atoms with Gasteiger partial charge >= 0.3 is 5.97 Å². The van der Waals surface area contributed by atoms with Crippen LogP contribution in [0.2, 0.25) is 0 Å². The van der Waals surface area contributed by atoms with Crippen molar-refractivity contribution in [1.82, 2.24) is 0 Å². The van der Waals surface area contributed by atoms with Crippen molar-refractivity contribution < 1.29 is 28.5 Å². The number of carbonyl (C=O) groups is 2. The Morgan fingerprint density at radius 1 is 0.926 bits per heavy atom. The summed E-state index contributed by atoms with van der Waals surface area (Å²) in [6.07, 6.45) is 1.91. The van der Waals surface area contributed by atoms with Crippen molar-refractivity contribution in [1.29, 1.82) is 0 Å². The minimum Gasteiger partial charge on any atom is -0.493 e. The molecule has 0 amide bonds. The predicted octanol–water partition coefficient (Wildman–Crippen LogP) is 3.54. The topological polar surface area (TPSA) is 71.1 Å². The lowest BCUT2D eigenvalue weighted by Gasteiger charge is -2.13. The van der Waals surface area contributed by atoms with Crippen LogP contribution in [0.3, 0.4) is 0 Å². The highest BCUT2D eigenvalue weighted by molar-refractivity contribution is 6.01. The Labute approximate surface area is 158 Å². The van der Waals surface area contributed by atoms with E-state index >= 15 is 0 Å². The van der Waals surface area contributed by atoms with Crippen molar-refractivity contribution in [2.24, 2.45) is 0 Å². The molecule has 0 N–H and O–H groups in total. The van der Waals surface area contributed by atoms with Gasteiger partial charge in [-0.25, -0.2) is 4.79 Å². The van der Waals surface area contributed by atoms with E-state index in [-0.39, 0.29) is 5.78 Å². The molecule has 2 aromatic rings. The van der Waals surface area contributed by atoms with Crippen molar-refractivity contribution in [3.05, 3.63) is 59.7 Å². The number of methoxy groups -OCH3 is 3. The van der Waals surface area contributed by atoms with E-state index in [0.29, 0.717) is 28.4 Å². The smallest absolute Gasteiger partial charge is 0.331 e. The Morgan fingerprint density at radius 3 is 2.04 bits per heavy atom. The van der Waals surface area contributed by atoms with Crippen LogP contribution in [0, 0.1) is 0 Å². The van der Waals surface area contributed by atoms with Crippen LogP contribution in [0.15, 0.2) is 48.5 Å². The Kier molecular flexibility index (Phi) is 7.00. The van der Waals surface area contributed by atoms with Crippen LogP contribution in [0.25, 0.3) is 6.08 Å². The van der Waals surface area contributed by atoms with Gasteiger partial charge in [-0.1, -0.05) is 30.3 Å². The van der Waals surface area contributed by atoms with Gasteiger partial charge in [0.15, 0.2) is 17.6 Å². The number of carbonyl (C=O) groups excluding carboxylic acids is 2. The summed E-state index contributed by atoms with van der Waals surface area (Å²) in [6.45, 7) is 1.54. The summed E-state index contributed by atoms with van der Waals surface area (Å²) in [4.78, 5) is 24.3. The molecule has 0 fully saturated rings. The Hall–Kier alpha value is -3.28. The number of benzene rings is 2. The first-order chi connectivity index (χ1) is 13.0. The standard InChI is InChI=1S/C21H22O6/c1-14(20(23)16-8-6-5-7-9-16)27-19(22)11-10-15-12-17(24-2)21(26-4)18(13-15)25-3/h5-14H,1-4H3/b11-10-/t14-/m1/s1. The summed E-state index contributed by atoms with van der Waals surface area (Å²) in [5.74, 6) is 0.516. The number of esters is 1. The summed E-state index contributed by atoms with van der Waals surface area (Å²) in [7, 11) is 4.53. The molecular weight excluding hydrogens is 348 g/mol. The van der Waals surface area contributed by atoms with E-state index in [2.05, 4.69) is 0 Å². The average molecular weight is 370 g/mol. The highest BCUT2D eigenvalue weighted by Crippen LogP contribution is 2.38. The van der Waals surface area contributed by atoms with Gasteiger partial charge in [0.1, 0.15) is 0 Å². The fraction of sp³-hybridized carbons (Fsp3) is 0.238. The maximum Gasteiger partial charge on any atom is 0.331 e. The van der Waals surface area contributed by atoms with Crippen LogP contribution in [0.5, 0.6) is 17.2 Å². The van der Waals surface area contributed by atoms with Crippen LogP contribution < -0.4 is 14.2 Å². The van der Waals surface area contributed by atoms with Crippen LogP contribution in [0.4, 0.5) is 0 Å². The fourth-order valence-corrected chi connectivity index (χ4v) is 2.47.